The van der Waals surface area contributed by atoms with Gasteiger partial charge in [-0.3, -0.25) is 15.3 Å². The van der Waals surface area contributed by atoms with Crippen LogP contribution in [0.3, 0.4) is 0 Å². The first kappa shape index (κ1) is 28.5. The molecule has 40 heavy (non-hydrogen) atoms. The van der Waals surface area contributed by atoms with Crippen LogP contribution in [0.4, 0.5) is 36.3 Å². The van der Waals surface area contributed by atoms with Gasteiger partial charge in [0.15, 0.2) is 0 Å². The molecule has 210 valence electrons. The van der Waals surface area contributed by atoms with Crippen LogP contribution >= 0.6 is 0 Å². The SMILES string of the molecule is Nc1ccc(N2CCOCC=N2)c(F)c1.O=C(Nc1ccc(N2CCOCC=N2)c(F)c1)OCc1ccccc1. The van der Waals surface area contributed by atoms with Crippen molar-refractivity contribution in [1.82, 2.24) is 0 Å². The molecule has 0 radical (unpaired) electrons. The highest BCUT2D eigenvalue weighted by Crippen LogP contribution is 2.24. The first-order valence-corrected chi connectivity index (χ1v) is 12.6. The lowest BCUT2D eigenvalue weighted by molar-refractivity contribution is 0.155. The van der Waals surface area contributed by atoms with Crippen molar-refractivity contribution in [3.63, 3.8) is 0 Å². The second kappa shape index (κ2) is 14.6. The molecule has 2 heterocycles. The van der Waals surface area contributed by atoms with Gasteiger partial charge in [-0.25, -0.2) is 13.6 Å². The van der Waals surface area contributed by atoms with E-state index in [-0.39, 0.29) is 12.4 Å². The number of nitrogens with zero attached hydrogens (tertiary/aromatic N) is 4. The molecule has 0 spiro atoms. The summed E-state index contributed by atoms with van der Waals surface area (Å²) >= 11 is 0. The fourth-order valence-electron chi connectivity index (χ4n) is 3.72. The van der Waals surface area contributed by atoms with Crippen LogP contribution in [0, 0.1) is 11.6 Å². The first-order chi connectivity index (χ1) is 19.5. The summed E-state index contributed by atoms with van der Waals surface area (Å²) in [6.07, 6.45) is 2.56. The van der Waals surface area contributed by atoms with E-state index in [2.05, 4.69) is 15.5 Å². The number of rotatable bonds is 5. The van der Waals surface area contributed by atoms with E-state index in [0.717, 1.165) is 5.56 Å². The lowest BCUT2D eigenvalue weighted by atomic mass is 10.2. The standard InChI is InChI=1S/C18H18FN3O3.C10H12FN3O/c19-16-12-15(6-7-17(16)22-9-11-24-10-8-20-22)21-18(23)25-13-14-4-2-1-3-5-14;11-9-7-8(12)1-2-10(9)14-4-6-15-5-3-13-14/h1-8,12H,9-11,13H2,(H,21,23);1-3,7H,4-6,12H2. The van der Waals surface area contributed by atoms with E-state index in [1.807, 2.05) is 30.3 Å². The topological polar surface area (TPSA) is 114 Å². The van der Waals surface area contributed by atoms with Crippen molar-refractivity contribution in [2.45, 2.75) is 6.61 Å². The van der Waals surface area contributed by atoms with Crippen LogP contribution in [0.25, 0.3) is 0 Å². The van der Waals surface area contributed by atoms with Gasteiger partial charge in [0.05, 0.1) is 63.3 Å². The Labute approximate surface area is 230 Å². The third kappa shape index (κ3) is 8.48. The molecule has 3 aromatic rings. The highest BCUT2D eigenvalue weighted by atomic mass is 19.1. The molecule has 0 aliphatic carbocycles. The van der Waals surface area contributed by atoms with Gasteiger partial charge in [0, 0.05) is 11.4 Å². The van der Waals surface area contributed by atoms with Crippen LogP contribution in [-0.4, -0.2) is 58.0 Å². The second-order valence-corrected chi connectivity index (χ2v) is 8.56. The molecule has 0 aromatic heterocycles. The van der Waals surface area contributed by atoms with Crippen LogP contribution in [0.1, 0.15) is 5.56 Å². The van der Waals surface area contributed by atoms with E-state index < -0.39 is 11.9 Å². The maximum atomic E-state index is 14.3. The zero-order chi connectivity index (χ0) is 28.2. The molecule has 5 rings (SSSR count). The minimum Gasteiger partial charge on any atom is -0.444 e. The number of halogens is 2. The average molecular weight is 553 g/mol. The number of ether oxygens (including phenoxy) is 3. The Morgan fingerprint density at radius 1 is 0.875 bits per heavy atom. The summed E-state index contributed by atoms with van der Waals surface area (Å²) in [6.45, 7) is 3.01. The number of hydrogen-bond acceptors (Lipinski definition) is 9. The summed E-state index contributed by atoms with van der Waals surface area (Å²) in [6, 6.07) is 18.3. The van der Waals surface area contributed by atoms with E-state index in [0.29, 0.717) is 62.3 Å². The minimum atomic E-state index is -0.641. The number of benzene rings is 3. The molecule has 10 nitrogen and oxygen atoms in total. The smallest absolute Gasteiger partial charge is 0.411 e. The fourth-order valence-corrected chi connectivity index (χ4v) is 3.72. The summed E-state index contributed by atoms with van der Waals surface area (Å²) in [4.78, 5) is 11.8. The maximum Gasteiger partial charge on any atom is 0.411 e. The third-order valence-electron chi connectivity index (χ3n) is 5.66. The van der Waals surface area contributed by atoms with Crippen molar-refractivity contribution in [2.24, 2.45) is 10.2 Å². The molecule has 12 heteroatoms. The Kier molecular flexibility index (Phi) is 10.4. The summed E-state index contributed by atoms with van der Waals surface area (Å²) in [5, 5.41) is 13.8. The van der Waals surface area contributed by atoms with Gasteiger partial charge >= 0.3 is 6.09 Å². The van der Waals surface area contributed by atoms with Gasteiger partial charge in [-0.1, -0.05) is 30.3 Å². The van der Waals surface area contributed by atoms with Crippen molar-refractivity contribution >= 4 is 41.3 Å². The zero-order valence-electron chi connectivity index (χ0n) is 21.7. The van der Waals surface area contributed by atoms with Gasteiger partial charge < -0.3 is 19.9 Å². The predicted molar refractivity (Wildman–Crippen MR) is 151 cm³/mol. The molecule has 0 saturated heterocycles. The second-order valence-electron chi connectivity index (χ2n) is 8.56. The van der Waals surface area contributed by atoms with Crippen molar-refractivity contribution < 1.29 is 27.8 Å². The molecule has 1 amide bonds. The number of nitrogens with one attached hydrogen (secondary N) is 1. The molecule has 3 aromatic carbocycles. The molecule has 0 bridgehead atoms. The van der Waals surface area contributed by atoms with Crippen molar-refractivity contribution in [3.05, 3.63) is 83.9 Å². The van der Waals surface area contributed by atoms with Crippen molar-refractivity contribution in [1.29, 1.82) is 0 Å². The number of carbonyl (C=O) groups excluding carboxylic acids is 1. The van der Waals surface area contributed by atoms with E-state index in [4.69, 9.17) is 19.9 Å². The third-order valence-corrected chi connectivity index (χ3v) is 5.66. The largest absolute Gasteiger partial charge is 0.444 e. The number of nitrogen functional groups attached to an aromatic ring is 1. The van der Waals surface area contributed by atoms with E-state index in [1.165, 1.54) is 17.1 Å². The number of nitrogens with two attached hydrogens (primary N) is 1. The van der Waals surface area contributed by atoms with Crippen molar-refractivity contribution in [2.75, 3.05) is 60.6 Å². The van der Waals surface area contributed by atoms with Gasteiger partial charge in [0.1, 0.15) is 18.2 Å². The van der Waals surface area contributed by atoms with Crippen LogP contribution in [0.15, 0.2) is 76.9 Å². The Morgan fingerprint density at radius 3 is 2.08 bits per heavy atom. The normalized spacial score (nSPS) is 14.9. The molecule has 2 aliphatic rings. The number of carbonyl (C=O) groups is 1. The van der Waals surface area contributed by atoms with Crippen molar-refractivity contribution in [3.8, 4) is 0 Å². The number of amides is 1. The summed E-state index contributed by atoms with van der Waals surface area (Å²) in [7, 11) is 0. The van der Waals surface area contributed by atoms with Gasteiger partial charge in [-0.2, -0.15) is 10.2 Å². The van der Waals surface area contributed by atoms with Crippen LogP contribution in [0.5, 0.6) is 0 Å². The monoisotopic (exact) mass is 552 g/mol. The molecule has 3 N–H and O–H groups in total. The van der Waals surface area contributed by atoms with E-state index >= 15 is 0 Å². The molecular formula is C28H30F2N6O4. The fraction of sp³-hybridized carbons (Fsp3) is 0.250. The Hall–Kier alpha value is -4.55. The molecular weight excluding hydrogens is 522 g/mol. The molecule has 2 aliphatic heterocycles. The molecule has 0 saturated carbocycles. The Bertz CT molecular complexity index is 1330. The first-order valence-electron chi connectivity index (χ1n) is 12.6. The highest BCUT2D eigenvalue weighted by molar-refractivity contribution is 5.85. The lowest BCUT2D eigenvalue weighted by Gasteiger charge is -2.18. The maximum absolute atomic E-state index is 14.3. The minimum absolute atomic E-state index is 0.149. The zero-order valence-corrected chi connectivity index (χ0v) is 21.7. The van der Waals surface area contributed by atoms with Crippen LogP contribution in [0.2, 0.25) is 0 Å². The van der Waals surface area contributed by atoms with Gasteiger partial charge in [-0.05, 0) is 42.0 Å². The van der Waals surface area contributed by atoms with Gasteiger partial charge in [0.2, 0.25) is 0 Å². The van der Waals surface area contributed by atoms with Gasteiger partial charge in [-0.15, -0.1) is 0 Å². The molecule has 0 unspecified atom stereocenters. The number of anilines is 4. The quantitative estimate of drug-likeness (QED) is 0.444. The Balaban J connectivity index is 0.000000210. The van der Waals surface area contributed by atoms with Crippen LogP contribution < -0.4 is 21.1 Å². The van der Waals surface area contributed by atoms with Gasteiger partial charge in [0.25, 0.3) is 0 Å². The Morgan fingerprint density at radius 2 is 1.48 bits per heavy atom. The summed E-state index contributed by atoms with van der Waals surface area (Å²) < 4.78 is 43.4. The molecule has 0 fully saturated rings. The summed E-state index contributed by atoms with van der Waals surface area (Å²) in [5.74, 6) is -0.853. The number of hydrazone groups is 2. The van der Waals surface area contributed by atoms with E-state index in [9.17, 15) is 13.6 Å². The van der Waals surface area contributed by atoms with E-state index in [1.54, 1.807) is 41.7 Å². The average Bonchev–Trinajstić information content (AvgIpc) is 3.39. The highest BCUT2D eigenvalue weighted by Gasteiger charge is 2.14. The molecule has 0 atom stereocenters. The van der Waals surface area contributed by atoms with Crippen LogP contribution in [-0.2, 0) is 20.8 Å². The predicted octanol–water partition coefficient (Wildman–Crippen LogP) is 4.63. The number of hydrogen-bond donors (Lipinski definition) is 2. The summed E-state index contributed by atoms with van der Waals surface area (Å²) in [5.41, 5.74) is 7.81. The lowest BCUT2D eigenvalue weighted by Crippen LogP contribution is -2.21.